The lowest BCUT2D eigenvalue weighted by atomic mass is 10.1. The molecule has 0 atom stereocenters. The van der Waals surface area contributed by atoms with Gasteiger partial charge >= 0.3 is 0 Å². The first-order chi connectivity index (χ1) is 10.3. The topological polar surface area (TPSA) is 35.2 Å². The summed E-state index contributed by atoms with van der Waals surface area (Å²) in [5.74, 6) is 0.798. The molecule has 0 heterocycles. The minimum absolute atomic E-state index is 0.0702. The van der Waals surface area contributed by atoms with Gasteiger partial charge in [0.25, 0.3) is 0 Å². The number of ether oxygens (including phenoxy) is 1. The van der Waals surface area contributed by atoms with E-state index in [0.717, 1.165) is 5.75 Å². The molecule has 0 aromatic heterocycles. The Kier molecular flexibility index (Phi) is 2.68. The highest BCUT2D eigenvalue weighted by molar-refractivity contribution is 5.78. The monoisotopic (exact) mass is 273 g/mol. The first-order valence-corrected chi connectivity index (χ1v) is 7.03. The summed E-state index contributed by atoms with van der Waals surface area (Å²) in [6.45, 7) is 0. The van der Waals surface area contributed by atoms with Gasteiger partial charge in [-0.2, -0.15) is 0 Å². The molecule has 2 heteroatoms. The second-order valence-electron chi connectivity index (χ2n) is 5.24. The lowest BCUT2D eigenvalue weighted by Crippen LogP contribution is -2.06. The van der Waals surface area contributed by atoms with Crippen molar-refractivity contribution in [2.75, 3.05) is 5.73 Å². The second kappa shape index (κ2) is 4.67. The van der Waals surface area contributed by atoms with E-state index in [9.17, 15) is 0 Å². The van der Waals surface area contributed by atoms with Gasteiger partial charge in [-0.1, -0.05) is 54.6 Å². The molecule has 3 aromatic rings. The van der Waals surface area contributed by atoms with Gasteiger partial charge in [0.15, 0.2) is 6.10 Å². The molecule has 102 valence electrons. The second-order valence-corrected chi connectivity index (χ2v) is 5.24. The highest BCUT2D eigenvalue weighted by atomic mass is 16.5. The summed E-state index contributed by atoms with van der Waals surface area (Å²) >= 11 is 0. The van der Waals surface area contributed by atoms with Gasteiger partial charge in [-0.25, -0.2) is 0 Å². The summed E-state index contributed by atoms with van der Waals surface area (Å²) in [6, 6.07) is 24.4. The standard InChI is InChI=1S/C19H15NO/c20-13-6-5-7-14(12-13)21-19-17-10-3-1-8-15(17)16-9-2-4-11-18(16)19/h1-12,19H,20H2. The fourth-order valence-electron chi connectivity index (χ4n) is 2.96. The Morgan fingerprint density at radius 1 is 0.714 bits per heavy atom. The molecule has 2 nitrogen and oxygen atoms in total. The molecule has 1 aliphatic rings. The van der Waals surface area contributed by atoms with Gasteiger partial charge in [0, 0.05) is 22.9 Å². The van der Waals surface area contributed by atoms with Crippen LogP contribution in [-0.4, -0.2) is 0 Å². The highest BCUT2D eigenvalue weighted by Gasteiger charge is 2.29. The number of anilines is 1. The minimum Gasteiger partial charge on any atom is -0.481 e. The van der Waals surface area contributed by atoms with Crippen LogP contribution in [0.3, 0.4) is 0 Å². The smallest absolute Gasteiger partial charge is 0.150 e. The number of benzene rings is 3. The van der Waals surface area contributed by atoms with Gasteiger partial charge in [0.2, 0.25) is 0 Å². The van der Waals surface area contributed by atoms with Crippen molar-refractivity contribution in [1.82, 2.24) is 0 Å². The van der Waals surface area contributed by atoms with Crippen molar-refractivity contribution >= 4 is 5.69 Å². The lowest BCUT2D eigenvalue weighted by molar-refractivity contribution is 0.252. The predicted molar refractivity (Wildman–Crippen MR) is 85.2 cm³/mol. The molecule has 4 rings (SSSR count). The van der Waals surface area contributed by atoms with Crippen LogP contribution < -0.4 is 10.5 Å². The summed E-state index contributed by atoms with van der Waals surface area (Å²) in [5, 5.41) is 0. The molecular weight excluding hydrogens is 258 g/mol. The van der Waals surface area contributed by atoms with Gasteiger partial charge in [-0.15, -0.1) is 0 Å². The fraction of sp³-hybridized carbons (Fsp3) is 0.0526. The van der Waals surface area contributed by atoms with Crippen molar-refractivity contribution < 1.29 is 4.74 Å². The molecule has 2 N–H and O–H groups in total. The Balaban J connectivity index is 1.82. The fourth-order valence-corrected chi connectivity index (χ4v) is 2.96. The van der Waals surface area contributed by atoms with Gasteiger partial charge in [-0.05, 0) is 23.3 Å². The average molecular weight is 273 g/mol. The largest absolute Gasteiger partial charge is 0.481 e. The van der Waals surface area contributed by atoms with Crippen molar-refractivity contribution in [2.45, 2.75) is 6.10 Å². The van der Waals surface area contributed by atoms with E-state index in [0.29, 0.717) is 5.69 Å². The molecule has 0 aliphatic heterocycles. The van der Waals surface area contributed by atoms with Gasteiger partial charge < -0.3 is 10.5 Å². The maximum Gasteiger partial charge on any atom is 0.150 e. The SMILES string of the molecule is Nc1cccc(OC2c3ccccc3-c3ccccc32)c1. The Labute approximate surface area is 123 Å². The van der Waals surface area contributed by atoms with Crippen LogP contribution in [0.25, 0.3) is 11.1 Å². The third-order valence-corrected chi connectivity index (χ3v) is 3.89. The number of hydrogen-bond donors (Lipinski definition) is 1. The Bertz CT molecular complexity index is 764. The van der Waals surface area contributed by atoms with Crippen LogP contribution in [0.15, 0.2) is 72.8 Å². The zero-order chi connectivity index (χ0) is 14.2. The Morgan fingerprint density at radius 2 is 1.33 bits per heavy atom. The van der Waals surface area contributed by atoms with Crippen molar-refractivity contribution in [1.29, 1.82) is 0 Å². The molecule has 0 saturated heterocycles. The molecule has 0 unspecified atom stereocenters. The first-order valence-electron chi connectivity index (χ1n) is 7.03. The predicted octanol–water partition coefficient (Wildman–Crippen LogP) is 4.42. The van der Waals surface area contributed by atoms with Crippen LogP contribution in [0.5, 0.6) is 5.75 Å². The van der Waals surface area contributed by atoms with Gasteiger partial charge in [0.1, 0.15) is 5.75 Å². The molecular formula is C19H15NO. The zero-order valence-electron chi connectivity index (χ0n) is 11.5. The molecule has 3 aromatic carbocycles. The normalized spacial score (nSPS) is 12.8. The van der Waals surface area contributed by atoms with Crippen LogP contribution in [0.2, 0.25) is 0 Å². The molecule has 0 radical (unpaired) electrons. The van der Waals surface area contributed by atoms with Crippen molar-refractivity contribution in [3.63, 3.8) is 0 Å². The van der Waals surface area contributed by atoms with Crippen molar-refractivity contribution in [3.05, 3.63) is 83.9 Å². The van der Waals surface area contributed by atoms with E-state index < -0.39 is 0 Å². The number of nitrogens with two attached hydrogens (primary N) is 1. The molecule has 0 saturated carbocycles. The number of fused-ring (bicyclic) bond motifs is 3. The van der Waals surface area contributed by atoms with Crippen LogP contribution in [0.4, 0.5) is 5.69 Å². The lowest BCUT2D eigenvalue weighted by Gasteiger charge is -2.16. The van der Waals surface area contributed by atoms with Crippen LogP contribution >= 0.6 is 0 Å². The van der Waals surface area contributed by atoms with Crippen LogP contribution in [0.1, 0.15) is 17.2 Å². The number of nitrogen functional groups attached to an aromatic ring is 1. The van der Waals surface area contributed by atoms with E-state index in [4.69, 9.17) is 10.5 Å². The van der Waals surface area contributed by atoms with Gasteiger partial charge in [0.05, 0.1) is 0 Å². The van der Waals surface area contributed by atoms with E-state index in [1.165, 1.54) is 22.3 Å². The van der Waals surface area contributed by atoms with Crippen molar-refractivity contribution in [2.24, 2.45) is 0 Å². The van der Waals surface area contributed by atoms with E-state index >= 15 is 0 Å². The quantitative estimate of drug-likeness (QED) is 0.701. The van der Waals surface area contributed by atoms with E-state index in [2.05, 4.69) is 48.5 Å². The Hall–Kier alpha value is -2.74. The minimum atomic E-state index is -0.0702. The van der Waals surface area contributed by atoms with E-state index in [1.54, 1.807) is 0 Å². The van der Waals surface area contributed by atoms with Crippen LogP contribution in [-0.2, 0) is 0 Å². The summed E-state index contributed by atoms with van der Waals surface area (Å²) in [7, 11) is 0. The summed E-state index contributed by atoms with van der Waals surface area (Å²) in [4.78, 5) is 0. The zero-order valence-corrected chi connectivity index (χ0v) is 11.5. The summed E-state index contributed by atoms with van der Waals surface area (Å²) in [5.41, 5.74) is 11.5. The third kappa shape index (κ3) is 1.96. The first kappa shape index (κ1) is 12.0. The average Bonchev–Trinajstić information content (AvgIpc) is 2.83. The highest BCUT2D eigenvalue weighted by Crippen LogP contribution is 2.45. The van der Waals surface area contributed by atoms with Crippen molar-refractivity contribution in [3.8, 4) is 16.9 Å². The molecule has 0 bridgehead atoms. The summed E-state index contributed by atoms with van der Waals surface area (Å²) < 4.78 is 6.23. The Morgan fingerprint density at radius 3 is 1.95 bits per heavy atom. The molecule has 21 heavy (non-hydrogen) atoms. The molecule has 0 spiro atoms. The summed E-state index contributed by atoms with van der Waals surface area (Å²) in [6.07, 6.45) is -0.0702. The maximum atomic E-state index is 6.23. The molecule has 0 amide bonds. The van der Waals surface area contributed by atoms with E-state index in [1.807, 2.05) is 24.3 Å². The molecule has 1 aliphatic carbocycles. The number of rotatable bonds is 2. The third-order valence-electron chi connectivity index (χ3n) is 3.89. The number of hydrogen-bond acceptors (Lipinski definition) is 2. The van der Waals surface area contributed by atoms with E-state index in [-0.39, 0.29) is 6.10 Å². The molecule has 0 fully saturated rings. The van der Waals surface area contributed by atoms with Gasteiger partial charge in [-0.3, -0.25) is 0 Å². The maximum absolute atomic E-state index is 6.23. The van der Waals surface area contributed by atoms with Crippen LogP contribution in [0, 0.1) is 0 Å².